The summed E-state index contributed by atoms with van der Waals surface area (Å²) in [4.78, 5) is 270. The van der Waals surface area contributed by atoms with Crippen LogP contribution in [0.3, 0.4) is 0 Å². The molecule has 0 radical (unpaired) electrons. The van der Waals surface area contributed by atoms with Crippen molar-refractivity contribution >= 4 is 118 Å². The number of benzene rings is 2. The Morgan fingerprint density at radius 3 is 1.23 bits per heavy atom. The van der Waals surface area contributed by atoms with Gasteiger partial charge in [0.25, 0.3) is 0 Å². The van der Waals surface area contributed by atoms with Gasteiger partial charge in [-0.1, -0.05) is 76.6 Å². The number of nitrogens with two attached hydrogens (primary N) is 2. The van der Waals surface area contributed by atoms with Gasteiger partial charge < -0.3 is 117 Å². The predicted octanol–water partition coefficient (Wildman–Crippen LogP) is -3.40. The highest BCUT2D eigenvalue weighted by atomic mass is 19.4. The smallest absolute Gasteiger partial charge is 0.416 e. The maximum Gasteiger partial charge on any atom is 0.416 e. The quantitative estimate of drug-likeness (QED) is 0.0309. The number of phenols is 1. The zero-order valence-corrected chi connectivity index (χ0v) is 73.7. The van der Waals surface area contributed by atoms with Crippen LogP contribution in [0.2, 0.25) is 0 Å². The van der Waals surface area contributed by atoms with Gasteiger partial charge in [-0.15, -0.1) is 0 Å². The van der Waals surface area contributed by atoms with Crippen LogP contribution < -0.4 is 102 Å². The molecule has 1 aliphatic heterocycles. The number of primary amides is 2. The molecule has 1 saturated heterocycles. The summed E-state index contributed by atoms with van der Waals surface area (Å²) in [5.74, 6) is -20.0. The Balaban J connectivity index is 1.84. The minimum Gasteiger partial charge on any atom is -0.508 e. The predicted molar refractivity (Wildman–Crippen MR) is 448 cm³/mol. The Bertz CT molecular complexity index is 4260. The molecule has 0 aromatic heterocycles. The van der Waals surface area contributed by atoms with E-state index in [9.17, 15) is 120 Å². The normalized spacial score (nSPS) is 20.2. The van der Waals surface area contributed by atoms with Crippen molar-refractivity contribution in [3.63, 3.8) is 0 Å². The number of hydrogen-bond acceptors (Lipinski definition) is 22. The van der Waals surface area contributed by atoms with Crippen molar-refractivity contribution in [3.8, 4) is 5.75 Å². The van der Waals surface area contributed by atoms with E-state index in [1.807, 2.05) is 0 Å². The van der Waals surface area contributed by atoms with Crippen LogP contribution in [0.5, 0.6) is 5.75 Å². The van der Waals surface area contributed by atoms with E-state index < -0.39 is 276 Å². The molecule has 42 nitrogen and oxygen atoms in total. The van der Waals surface area contributed by atoms with Crippen LogP contribution >= 0.6 is 0 Å². The van der Waals surface area contributed by atoms with Crippen LogP contribution in [-0.2, 0) is 115 Å². The second-order valence-corrected chi connectivity index (χ2v) is 32.6. The number of aliphatic hydroxyl groups is 1. The molecule has 3 rings (SSSR count). The summed E-state index contributed by atoms with van der Waals surface area (Å²) in [6, 6.07) is -12.4. The van der Waals surface area contributed by atoms with Crippen molar-refractivity contribution in [1.82, 2.24) is 90.4 Å². The van der Waals surface area contributed by atoms with Gasteiger partial charge >= 0.3 is 12.1 Å². The first-order chi connectivity index (χ1) is 59.1. The lowest BCUT2D eigenvalue weighted by atomic mass is 9.90. The molecule has 0 spiro atoms. The number of carboxylic acids is 1. The zero-order valence-electron chi connectivity index (χ0n) is 73.7. The van der Waals surface area contributed by atoms with E-state index in [2.05, 4.69) is 90.4 Å². The number of amides is 19. The summed E-state index contributed by atoms with van der Waals surface area (Å²) in [5.41, 5.74) is 6.32. The largest absolute Gasteiger partial charge is 0.508 e. The highest BCUT2D eigenvalue weighted by Crippen LogP contribution is 2.30. The third-order valence-electron chi connectivity index (χ3n) is 20.6. The lowest BCUT2D eigenvalue weighted by molar-refractivity contribution is -0.140. The molecule has 1 aliphatic rings. The fraction of sp³-hybridized carbons (Fsp3) is 0.610. The number of halogens is 3. The first-order valence-corrected chi connectivity index (χ1v) is 41.6. The minimum atomic E-state index is -4.80. The number of carbonyl (C=O) groups excluding carboxylic acids is 19. The van der Waals surface area contributed by atoms with Crippen LogP contribution in [0, 0.1) is 5.92 Å². The Morgan fingerprint density at radius 1 is 0.441 bits per heavy atom. The second kappa shape index (κ2) is 51.1. The average molecular weight is 1800 g/mol. The van der Waals surface area contributed by atoms with E-state index in [1.165, 1.54) is 95.2 Å². The maximum absolute atomic E-state index is 15.0. The minimum absolute atomic E-state index is 0.000554. The summed E-state index contributed by atoms with van der Waals surface area (Å²) in [5, 5.41) is 71.4. The van der Waals surface area contributed by atoms with E-state index in [0.29, 0.717) is 43.4 Å². The van der Waals surface area contributed by atoms with Crippen LogP contribution in [0.1, 0.15) is 204 Å². The van der Waals surface area contributed by atoms with E-state index in [0.717, 1.165) is 12.1 Å². The van der Waals surface area contributed by atoms with Crippen molar-refractivity contribution in [1.29, 1.82) is 0 Å². The zero-order chi connectivity index (χ0) is 96.3. The first-order valence-electron chi connectivity index (χ1n) is 41.6. The van der Waals surface area contributed by atoms with Gasteiger partial charge in [0.2, 0.25) is 112 Å². The van der Waals surface area contributed by atoms with Gasteiger partial charge in [-0.3, -0.25) is 95.9 Å². The number of carbonyl (C=O) groups is 20. The molecule has 127 heavy (non-hydrogen) atoms. The van der Waals surface area contributed by atoms with Gasteiger partial charge in [-0.25, -0.2) is 0 Å². The van der Waals surface area contributed by atoms with Gasteiger partial charge in [0, 0.05) is 25.7 Å². The summed E-state index contributed by atoms with van der Waals surface area (Å²) in [7, 11) is 0. The van der Waals surface area contributed by atoms with Crippen LogP contribution in [-0.4, -0.2) is 242 Å². The Morgan fingerprint density at radius 2 is 0.819 bits per heavy atom. The third kappa shape index (κ3) is 37.6. The molecule has 45 heteroatoms. The number of aliphatic carboxylic acids is 1. The van der Waals surface area contributed by atoms with E-state index in [4.69, 9.17) is 11.5 Å². The lowest BCUT2D eigenvalue weighted by Crippen LogP contribution is -2.65. The molecule has 24 N–H and O–H groups in total. The van der Waals surface area contributed by atoms with Gasteiger partial charge in [0.15, 0.2) is 0 Å². The van der Waals surface area contributed by atoms with Gasteiger partial charge in [-0.2, -0.15) is 13.2 Å². The molecule has 19 amide bonds. The van der Waals surface area contributed by atoms with Crippen molar-refractivity contribution < 1.29 is 124 Å². The fourth-order valence-corrected chi connectivity index (χ4v) is 12.5. The SMILES string of the molecule is CC(C)C[C@@H](NC(=O)C1(C)CCCCCCCCC(C)(NC(=O)[C@@H](C)NC(=O)CCc2ccc(O)cc2)C(=O)N[C@H](Cc2ccc(C(F)(F)F)cc2)C(=O)N[C@H](CCC(=O)O)C(=O)N[C@H](CCC(N)=O)C(=O)N1)C(=O)N[C@H](CO)C(=O)N[C@H](C)C(=O)N[C@H](C)C(=O)N[C@H](C)C(=O)N[C@H](C)C(=O)N[C@H](C)C(=O)N[C@H](C)C(=O)N[C@H](C)C(=O)N[C@H](C)C(=O)N[C@H](C)C(N)=O. The summed E-state index contributed by atoms with van der Waals surface area (Å²) in [6.07, 6.45) is -6.72. The number of carboxylic acid groups (broad SMARTS) is 1. The number of nitrogens with one attached hydrogen (secondary N) is 17. The molecule has 2 aromatic carbocycles. The summed E-state index contributed by atoms with van der Waals surface area (Å²) < 4.78 is 41.4. The molecular weight excluding hydrogens is 1680 g/mol. The summed E-state index contributed by atoms with van der Waals surface area (Å²) in [6.45, 7) is 17.5. The third-order valence-corrected chi connectivity index (χ3v) is 20.6. The number of aliphatic hydroxyl groups excluding tert-OH is 1. The molecule has 0 aliphatic carbocycles. The number of aryl methyl sites for hydroxylation is 1. The maximum atomic E-state index is 15.0. The van der Waals surface area contributed by atoms with Gasteiger partial charge in [0.1, 0.15) is 107 Å². The Labute approximate surface area is 732 Å². The molecule has 1 heterocycles. The van der Waals surface area contributed by atoms with E-state index in [1.54, 1.807) is 26.0 Å². The highest BCUT2D eigenvalue weighted by Gasteiger charge is 2.43. The number of alkyl halides is 3. The first kappa shape index (κ1) is 109. The van der Waals surface area contributed by atoms with Crippen LogP contribution in [0.4, 0.5) is 13.2 Å². The molecule has 0 saturated carbocycles. The van der Waals surface area contributed by atoms with Crippen molar-refractivity contribution in [2.75, 3.05) is 6.61 Å². The van der Waals surface area contributed by atoms with Crippen LogP contribution in [0.15, 0.2) is 48.5 Å². The van der Waals surface area contributed by atoms with E-state index in [-0.39, 0.29) is 56.3 Å². The highest BCUT2D eigenvalue weighted by molar-refractivity contribution is 6.02. The molecule has 1 fully saturated rings. The second-order valence-electron chi connectivity index (χ2n) is 32.6. The standard InChI is InChI=1S/C82H124F3N19O23/c1-40(2)37-57(74(122)100-59(39-105)76(124)97-49(11)71(119)96-48(10)70(118)95-47(9)69(117)94-46(8)68(116)93-45(7)67(115)92-44(6)66(114)91-43(5)65(113)90-42(4)64(112)89-41(3)63(87)111)101-79(127)81(14)36-20-18-16-15-17-19-35-80(13,103-72(120)50(12)88-61(108)33-25-51-23-28-54(106)29-24-51)78(126)102-58(38-52-21-26-53(27-22-52)82(83,84)85)75(123)98-55(31-34-62(109)110)73(121)99-56(77(125)104-81)30-32-60(86)107/h21-24,26-29,40-50,55-59,105-106H,15-20,25,30-39H2,1-14H3,(H2,86,107)(H2,87,111)(H,88,108)(H,89,112)(H,90,113)(H,91,114)(H,92,115)(H,93,116)(H,94,117)(H,95,118)(H,96,119)(H,97,124)(H,98,123)(H,99,121)(H,100,122)(H,101,127)(H,102,126)(H,103,120)(H,104,125)(H,109,110)/t41-,42-,43-,44-,45-,46-,47-,48-,49-,50-,55-,56-,57-,58-,59-,80?,81?/m1/s1. The molecule has 2 aromatic rings. The monoisotopic (exact) mass is 1800 g/mol. The molecule has 2 unspecified atom stereocenters. The number of aromatic hydroxyl groups is 1. The lowest BCUT2D eigenvalue weighted by Gasteiger charge is -2.34. The molecule has 17 atom stereocenters. The Kier molecular flexibility index (Phi) is 43.7. The molecular formula is C82H124F3N19O23. The topological polar surface area (TPSA) is 659 Å². The number of phenolic OH excluding ortho intramolecular Hbond substituents is 1. The fourth-order valence-electron chi connectivity index (χ4n) is 12.5. The number of rotatable bonds is 40. The van der Waals surface area contributed by atoms with Crippen molar-refractivity contribution in [2.24, 2.45) is 17.4 Å². The van der Waals surface area contributed by atoms with E-state index >= 15 is 4.79 Å². The average Bonchev–Trinajstić information content (AvgIpc) is 0.936. The summed E-state index contributed by atoms with van der Waals surface area (Å²) >= 11 is 0. The number of hydrogen-bond donors (Lipinski definition) is 22. The Hall–Kier alpha value is -12.6. The van der Waals surface area contributed by atoms with Crippen molar-refractivity contribution in [2.45, 2.75) is 308 Å². The van der Waals surface area contributed by atoms with Gasteiger partial charge in [-0.05, 0) is 163 Å². The molecule has 0 bridgehead atoms. The van der Waals surface area contributed by atoms with Crippen LogP contribution in [0.25, 0.3) is 0 Å². The van der Waals surface area contributed by atoms with Crippen molar-refractivity contribution in [3.05, 3.63) is 65.2 Å². The molecule has 706 valence electrons. The van der Waals surface area contributed by atoms with Gasteiger partial charge in [0.05, 0.1) is 12.2 Å².